The Morgan fingerprint density at radius 2 is 2.38 bits per heavy atom. The second kappa shape index (κ2) is 1.71. The molecule has 1 heterocycles. The summed E-state index contributed by atoms with van der Waals surface area (Å²) < 4.78 is 5.05. The quantitative estimate of drug-likeness (QED) is 0.534. The molecule has 2 atom stereocenters. The molecule has 1 N–H and O–H groups in total. The van der Waals surface area contributed by atoms with Gasteiger partial charge in [-0.3, -0.25) is 0 Å². The maximum atomic E-state index is 8.85. The predicted molar refractivity (Wildman–Crippen MR) is 30.7 cm³/mol. The smallest absolute Gasteiger partial charge is 0.0913 e. The van der Waals surface area contributed by atoms with Crippen molar-refractivity contribution < 1.29 is 9.84 Å². The van der Waals surface area contributed by atoms with E-state index in [2.05, 4.69) is 0 Å². The molecule has 0 amide bonds. The fraction of sp³-hybridized carbons (Fsp3) is 1.00. The van der Waals surface area contributed by atoms with Gasteiger partial charge in [-0.25, -0.2) is 0 Å². The molecule has 0 unspecified atom stereocenters. The first-order valence-corrected chi connectivity index (χ1v) is 2.94. The molecule has 0 saturated carbocycles. The highest BCUT2D eigenvalue weighted by Gasteiger charge is 2.39. The van der Waals surface area contributed by atoms with Gasteiger partial charge in [0.25, 0.3) is 0 Å². The Bertz CT molecular complexity index is 84.5. The zero-order valence-electron chi connectivity index (χ0n) is 5.35. The molecule has 0 aromatic rings. The van der Waals surface area contributed by atoms with Gasteiger partial charge < -0.3 is 9.84 Å². The Morgan fingerprint density at radius 3 is 2.50 bits per heavy atom. The van der Waals surface area contributed by atoms with Crippen molar-refractivity contribution in [2.75, 3.05) is 6.61 Å². The molecule has 0 spiro atoms. The lowest BCUT2D eigenvalue weighted by molar-refractivity contribution is 0.146. The molecule has 0 aromatic carbocycles. The molecule has 0 aliphatic carbocycles. The Hall–Kier alpha value is -0.0800. The summed E-state index contributed by atoms with van der Waals surface area (Å²) in [6.07, 6.45) is 0.551. The number of hydrogen-bond donors (Lipinski definition) is 1. The van der Waals surface area contributed by atoms with Gasteiger partial charge in [-0.1, -0.05) is 0 Å². The van der Waals surface area contributed by atoms with E-state index in [0.29, 0.717) is 0 Å². The molecular formula is C6H12O2. The van der Waals surface area contributed by atoms with Crippen LogP contribution in [0.3, 0.4) is 0 Å². The molecule has 48 valence electrons. The molecule has 0 aromatic heterocycles. The number of hydrogen-bond acceptors (Lipinski definition) is 2. The highest BCUT2D eigenvalue weighted by atomic mass is 16.6. The Labute approximate surface area is 49.5 Å². The standard InChI is InChI=1S/C6H12O2/c1-5(7)3-6(2)4-8-6/h5,7H,3-4H2,1-2H3/t5-,6-/m1/s1. The van der Waals surface area contributed by atoms with Crippen LogP contribution in [0.2, 0.25) is 0 Å². The van der Waals surface area contributed by atoms with Gasteiger partial charge in [0.1, 0.15) is 0 Å². The van der Waals surface area contributed by atoms with Crippen LogP contribution in [0.25, 0.3) is 0 Å². The van der Waals surface area contributed by atoms with Gasteiger partial charge in [-0.2, -0.15) is 0 Å². The first-order chi connectivity index (χ1) is 3.62. The molecule has 1 saturated heterocycles. The number of rotatable bonds is 2. The third kappa shape index (κ3) is 1.46. The van der Waals surface area contributed by atoms with Crippen LogP contribution < -0.4 is 0 Å². The molecule has 0 radical (unpaired) electrons. The van der Waals surface area contributed by atoms with Crippen molar-refractivity contribution in [3.63, 3.8) is 0 Å². The third-order valence-electron chi connectivity index (χ3n) is 1.36. The van der Waals surface area contributed by atoms with E-state index in [4.69, 9.17) is 9.84 Å². The number of ether oxygens (including phenoxy) is 1. The van der Waals surface area contributed by atoms with Gasteiger partial charge in [0.05, 0.1) is 18.3 Å². The van der Waals surface area contributed by atoms with E-state index in [-0.39, 0.29) is 11.7 Å². The van der Waals surface area contributed by atoms with E-state index >= 15 is 0 Å². The Morgan fingerprint density at radius 1 is 1.88 bits per heavy atom. The molecule has 0 bridgehead atoms. The van der Waals surface area contributed by atoms with Gasteiger partial charge >= 0.3 is 0 Å². The summed E-state index contributed by atoms with van der Waals surface area (Å²) in [5.74, 6) is 0. The minimum atomic E-state index is -0.220. The van der Waals surface area contributed by atoms with Crippen LogP contribution in [0.5, 0.6) is 0 Å². The molecule has 1 aliphatic heterocycles. The van der Waals surface area contributed by atoms with Gasteiger partial charge in [-0.05, 0) is 13.8 Å². The van der Waals surface area contributed by atoms with E-state index in [1.807, 2.05) is 6.92 Å². The van der Waals surface area contributed by atoms with Crippen LogP contribution in [-0.4, -0.2) is 23.4 Å². The summed E-state index contributed by atoms with van der Waals surface area (Å²) in [6.45, 7) is 4.62. The Balaban J connectivity index is 2.19. The normalized spacial score (nSPS) is 39.4. The molecule has 1 rings (SSSR count). The van der Waals surface area contributed by atoms with E-state index in [9.17, 15) is 0 Å². The van der Waals surface area contributed by atoms with Crippen molar-refractivity contribution in [2.45, 2.75) is 32.0 Å². The van der Waals surface area contributed by atoms with Gasteiger partial charge in [0, 0.05) is 6.42 Å². The van der Waals surface area contributed by atoms with Crippen molar-refractivity contribution >= 4 is 0 Å². The summed E-state index contributed by atoms with van der Waals surface area (Å²) in [6, 6.07) is 0. The van der Waals surface area contributed by atoms with Gasteiger partial charge in [0.15, 0.2) is 0 Å². The average Bonchev–Trinajstić information content (AvgIpc) is 2.17. The fourth-order valence-electron chi connectivity index (χ4n) is 0.866. The van der Waals surface area contributed by atoms with Crippen molar-refractivity contribution in [3.05, 3.63) is 0 Å². The van der Waals surface area contributed by atoms with Crippen molar-refractivity contribution in [1.29, 1.82) is 0 Å². The summed E-state index contributed by atoms with van der Waals surface area (Å²) in [7, 11) is 0. The van der Waals surface area contributed by atoms with Crippen molar-refractivity contribution in [3.8, 4) is 0 Å². The van der Waals surface area contributed by atoms with E-state index < -0.39 is 0 Å². The molecule has 1 aliphatic rings. The molecular weight excluding hydrogens is 104 g/mol. The summed E-state index contributed by atoms with van der Waals surface area (Å²) >= 11 is 0. The first-order valence-electron chi connectivity index (χ1n) is 2.94. The van der Waals surface area contributed by atoms with E-state index in [1.165, 1.54) is 0 Å². The molecule has 2 heteroatoms. The summed E-state index contributed by atoms with van der Waals surface area (Å²) in [5.41, 5.74) is 0.0220. The highest BCUT2D eigenvalue weighted by Crippen LogP contribution is 2.30. The topological polar surface area (TPSA) is 32.8 Å². The lowest BCUT2D eigenvalue weighted by atomic mass is 10.1. The van der Waals surface area contributed by atoms with Crippen LogP contribution in [0, 0.1) is 0 Å². The van der Waals surface area contributed by atoms with Crippen LogP contribution >= 0.6 is 0 Å². The average molecular weight is 116 g/mol. The van der Waals surface area contributed by atoms with E-state index in [0.717, 1.165) is 13.0 Å². The zero-order chi connectivity index (χ0) is 6.20. The second-order valence-electron chi connectivity index (χ2n) is 2.79. The van der Waals surface area contributed by atoms with Crippen molar-refractivity contribution in [1.82, 2.24) is 0 Å². The third-order valence-corrected chi connectivity index (χ3v) is 1.36. The largest absolute Gasteiger partial charge is 0.393 e. The number of aliphatic hydroxyl groups is 1. The monoisotopic (exact) mass is 116 g/mol. The predicted octanol–water partition coefficient (Wildman–Crippen LogP) is 0.546. The van der Waals surface area contributed by atoms with Gasteiger partial charge in [0.2, 0.25) is 0 Å². The second-order valence-corrected chi connectivity index (χ2v) is 2.79. The zero-order valence-corrected chi connectivity index (χ0v) is 5.35. The maximum Gasteiger partial charge on any atom is 0.0913 e. The lowest BCUT2D eigenvalue weighted by Crippen LogP contribution is -2.13. The lowest BCUT2D eigenvalue weighted by Gasteiger charge is -2.05. The Kier molecular flexibility index (Phi) is 1.29. The maximum absolute atomic E-state index is 8.85. The number of epoxide rings is 1. The minimum Gasteiger partial charge on any atom is -0.393 e. The SMILES string of the molecule is C[C@@H](O)C[C@]1(C)CO1. The number of aliphatic hydroxyl groups excluding tert-OH is 1. The highest BCUT2D eigenvalue weighted by molar-refractivity contribution is 4.87. The van der Waals surface area contributed by atoms with E-state index in [1.54, 1.807) is 6.92 Å². The van der Waals surface area contributed by atoms with Crippen LogP contribution in [0.15, 0.2) is 0 Å². The molecule has 1 fully saturated rings. The molecule has 2 nitrogen and oxygen atoms in total. The van der Waals surface area contributed by atoms with Crippen LogP contribution in [-0.2, 0) is 4.74 Å². The summed E-state index contributed by atoms with van der Waals surface area (Å²) in [4.78, 5) is 0. The minimum absolute atomic E-state index is 0.0220. The first kappa shape index (κ1) is 6.05. The fourth-order valence-corrected chi connectivity index (χ4v) is 0.866. The van der Waals surface area contributed by atoms with Crippen molar-refractivity contribution in [2.24, 2.45) is 0 Å². The molecule has 8 heavy (non-hydrogen) atoms. The summed E-state index contributed by atoms with van der Waals surface area (Å²) in [5, 5.41) is 8.85. The van der Waals surface area contributed by atoms with Gasteiger partial charge in [-0.15, -0.1) is 0 Å². The van der Waals surface area contributed by atoms with Crippen LogP contribution in [0.1, 0.15) is 20.3 Å². The van der Waals surface area contributed by atoms with Crippen LogP contribution in [0.4, 0.5) is 0 Å².